The quantitative estimate of drug-likeness (QED) is 0.656. The summed E-state index contributed by atoms with van der Waals surface area (Å²) in [6, 6.07) is 6.02. The maximum atomic E-state index is 12.3. The SMILES string of the molecule is CCN1C(=O)/C(=C\c2ccc(OC)c(CN3CCCC3)c2)NC1=S. The molecule has 2 heterocycles. The molecule has 0 aliphatic carbocycles. The Labute approximate surface area is 148 Å². The number of ether oxygens (including phenoxy) is 1. The summed E-state index contributed by atoms with van der Waals surface area (Å²) < 4.78 is 5.49. The molecule has 0 radical (unpaired) electrons. The van der Waals surface area contributed by atoms with Crippen molar-refractivity contribution < 1.29 is 9.53 Å². The lowest BCUT2D eigenvalue weighted by Gasteiger charge is -2.17. The molecule has 2 aliphatic heterocycles. The Hall–Kier alpha value is -1.92. The first kappa shape index (κ1) is 16.9. The van der Waals surface area contributed by atoms with Crippen LogP contribution in [0.15, 0.2) is 23.9 Å². The van der Waals surface area contributed by atoms with Crippen molar-refractivity contribution in [3.8, 4) is 5.75 Å². The number of thiocarbonyl (C=S) groups is 1. The normalized spacial score (nSPS) is 20.1. The molecule has 1 aromatic carbocycles. The first-order valence-corrected chi connectivity index (χ1v) is 8.77. The molecular weight excluding hydrogens is 322 g/mol. The number of nitrogens with zero attached hydrogens (tertiary/aromatic N) is 2. The Morgan fingerprint density at radius 2 is 2.08 bits per heavy atom. The molecule has 0 unspecified atom stereocenters. The molecule has 1 amide bonds. The zero-order chi connectivity index (χ0) is 17.1. The van der Waals surface area contributed by atoms with E-state index < -0.39 is 0 Å². The average Bonchev–Trinajstić information content (AvgIpc) is 3.16. The first-order chi connectivity index (χ1) is 11.6. The third kappa shape index (κ3) is 3.44. The van der Waals surface area contributed by atoms with Gasteiger partial charge in [0.15, 0.2) is 5.11 Å². The third-order valence-electron chi connectivity index (χ3n) is 4.49. The number of benzene rings is 1. The molecule has 5 nitrogen and oxygen atoms in total. The van der Waals surface area contributed by atoms with E-state index in [0.717, 1.165) is 36.5 Å². The van der Waals surface area contributed by atoms with Crippen LogP contribution in [0.1, 0.15) is 30.9 Å². The number of carbonyl (C=O) groups is 1. The van der Waals surface area contributed by atoms with Gasteiger partial charge in [-0.3, -0.25) is 14.6 Å². The van der Waals surface area contributed by atoms with Gasteiger partial charge in [-0.15, -0.1) is 0 Å². The van der Waals surface area contributed by atoms with Gasteiger partial charge in [0, 0.05) is 18.7 Å². The maximum Gasteiger partial charge on any atom is 0.276 e. The summed E-state index contributed by atoms with van der Waals surface area (Å²) in [5.74, 6) is 0.819. The minimum Gasteiger partial charge on any atom is -0.496 e. The number of hydrogen-bond donors (Lipinski definition) is 1. The van der Waals surface area contributed by atoms with E-state index in [0.29, 0.717) is 17.4 Å². The molecule has 2 fully saturated rings. The number of likely N-dealkylation sites (N-methyl/N-ethyl adjacent to an activating group) is 1. The van der Waals surface area contributed by atoms with Crippen LogP contribution in [0.3, 0.4) is 0 Å². The van der Waals surface area contributed by atoms with Gasteiger partial charge < -0.3 is 10.1 Å². The van der Waals surface area contributed by atoms with Gasteiger partial charge >= 0.3 is 0 Å². The van der Waals surface area contributed by atoms with E-state index in [2.05, 4.69) is 16.3 Å². The predicted molar refractivity (Wildman–Crippen MR) is 98.6 cm³/mol. The molecule has 128 valence electrons. The molecule has 24 heavy (non-hydrogen) atoms. The smallest absolute Gasteiger partial charge is 0.276 e. The topological polar surface area (TPSA) is 44.8 Å². The summed E-state index contributed by atoms with van der Waals surface area (Å²) in [6.45, 7) is 5.63. The van der Waals surface area contributed by atoms with Crippen molar-refractivity contribution in [2.24, 2.45) is 0 Å². The molecule has 2 aliphatic rings. The lowest BCUT2D eigenvalue weighted by Crippen LogP contribution is -2.30. The van der Waals surface area contributed by atoms with Crippen LogP contribution in [-0.2, 0) is 11.3 Å². The minimum atomic E-state index is -0.0700. The highest BCUT2D eigenvalue weighted by Crippen LogP contribution is 2.25. The van der Waals surface area contributed by atoms with E-state index >= 15 is 0 Å². The summed E-state index contributed by atoms with van der Waals surface area (Å²) in [4.78, 5) is 16.3. The van der Waals surface area contributed by atoms with Crippen LogP contribution < -0.4 is 10.1 Å². The van der Waals surface area contributed by atoms with Crippen molar-refractivity contribution in [3.05, 3.63) is 35.0 Å². The van der Waals surface area contributed by atoms with Gasteiger partial charge in [0.25, 0.3) is 5.91 Å². The van der Waals surface area contributed by atoms with Crippen molar-refractivity contribution in [2.45, 2.75) is 26.3 Å². The van der Waals surface area contributed by atoms with Gasteiger partial charge in [-0.2, -0.15) is 0 Å². The molecule has 0 atom stereocenters. The highest BCUT2D eigenvalue weighted by Gasteiger charge is 2.29. The van der Waals surface area contributed by atoms with E-state index in [4.69, 9.17) is 17.0 Å². The second kappa shape index (κ2) is 7.32. The number of rotatable bonds is 5. The Morgan fingerprint density at radius 3 is 2.71 bits per heavy atom. The van der Waals surface area contributed by atoms with E-state index in [1.165, 1.54) is 12.8 Å². The number of hydrogen-bond acceptors (Lipinski definition) is 4. The number of likely N-dealkylation sites (tertiary alicyclic amines) is 1. The van der Waals surface area contributed by atoms with E-state index in [1.54, 1.807) is 12.0 Å². The van der Waals surface area contributed by atoms with Crippen molar-refractivity contribution in [1.82, 2.24) is 15.1 Å². The molecule has 3 rings (SSSR count). The molecular formula is C18H23N3O2S. The van der Waals surface area contributed by atoms with Crippen molar-refractivity contribution in [1.29, 1.82) is 0 Å². The summed E-state index contributed by atoms with van der Waals surface area (Å²) >= 11 is 5.20. The fourth-order valence-electron chi connectivity index (χ4n) is 3.22. The van der Waals surface area contributed by atoms with Crippen LogP contribution in [-0.4, -0.2) is 47.6 Å². The summed E-state index contributed by atoms with van der Waals surface area (Å²) in [5.41, 5.74) is 2.65. The average molecular weight is 345 g/mol. The summed E-state index contributed by atoms with van der Waals surface area (Å²) in [6.07, 6.45) is 4.38. The molecule has 0 aromatic heterocycles. The number of nitrogens with one attached hydrogen (secondary N) is 1. The number of methoxy groups -OCH3 is 1. The predicted octanol–water partition coefficient (Wildman–Crippen LogP) is 2.37. The van der Waals surface area contributed by atoms with Crippen molar-refractivity contribution in [3.63, 3.8) is 0 Å². The molecule has 0 bridgehead atoms. The van der Waals surface area contributed by atoms with Gasteiger partial charge in [0.2, 0.25) is 0 Å². The minimum absolute atomic E-state index is 0.0700. The fourth-order valence-corrected chi connectivity index (χ4v) is 3.54. The molecule has 6 heteroatoms. The Bertz CT molecular complexity index is 681. The van der Waals surface area contributed by atoms with Gasteiger partial charge in [-0.05, 0) is 68.8 Å². The molecule has 1 N–H and O–H groups in total. The van der Waals surface area contributed by atoms with Crippen LogP contribution in [0.2, 0.25) is 0 Å². The fraction of sp³-hybridized carbons (Fsp3) is 0.444. The Kier molecular flexibility index (Phi) is 5.16. The van der Waals surface area contributed by atoms with Crippen molar-refractivity contribution >= 4 is 29.3 Å². The second-order valence-electron chi connectivity index (χ2n) is 6.09. The largest absolute Gasteiger partial charge is 0.496 e. The van der Waals surface area contributed by atoms with E-state index in [-0.39, 0.29) is 5.91 Å². The zero-order valence-corrected chi connectivity index (χ0v) is 15.0. The highest BCUT2D eigenvalue weighted by atomic mass is 32.1. The Balaban J connectivity index is 1.84. The van der Waals surface area contributed by atoms with Crippen LogP contribution in [0.25, 0.3) is 6.08 Å². The van der Waals surface area contributed by atoms with Gasteiger partial charge in [-0.25, -0.2) is 0 Å². The molecule has 0 spiro atoms. The highest BCUT2D eigenvalue weighted by molar-refractivity contribution is 7.80. The maximum absolute atomic E-state index is 12.3. The Morgan fingerprint density at radius 1 is 1.33 bits per heavy atom. The zero-order valence-electron chi connectivity index (χ0n) is 14.2. The van der Waals surface area contributed by atoms with Gasteiger partial charge in [0.1, 0.15) is 11.4 Å². The molecule has 0 saturated carbocycles. The monoisotopic (exact) mass is 345 g/mol. The van der Waals surface area contributed by atoms with E-state index in [9.17, 15) is 4.79 Å². The van der Waals surface area contributed by atoms with E-state index in [1.807, 2.05) is 25.1 Å². The van der Waals surface area contributed by atoms with Crippen LogP contribution >= 0.6 is 12.2 Å². The summed E-state index contributed by atoms with van der Waals surface area (Å²) in [7, 11) is 1.70. The number of carbonyl (C=O) groups excluding carboxylic acids is 1. The van der Waals surface area contributed by atoms with Gasteiger partial charge in [-0.1, -0.05) is 6.07 Å². The third-order valence-corrected chi connectivity index (χ3v) is 4.81. The summed E-state index contributed by atoms with van der Waals surface area (Å²) in [5, 5.41) is 3.47. The van der Waals surface area contributed by atoms with Crippen LogP contribution in [0.4, 0.5) is 0 Å². The molecule has 2 saturated heterocycles. The standard InChI is InChI=1S/C18H23N3O2S/c1-3-21-17(22)15(19-18(21)24)11-13-6-7-16(23-2)14(10-13)12-20-8-4-5-9-20/h6-7,10-11H,3-5,8-9,12H2,1-2H3,(H,19,24)/b15-11+. The molecule has 1 aromatic rings. The number of amides is 1. The first-order valence-electron chi connectivity index (χ1n) is 8.36. The van der Waals surface area contributed by atoms with Crippen LogP contribution in [0.5, 0.6) is 5.75 Å². The second-order valence-corrected chi connectivity index (χ2v) is 6.48. The van der Waals surface area contributed by atoms with Crippen LogP contribution in [0, 0.1) is 0 Å². The van der Waals surface area contributed by atoms with Crippen molar-refractivity contribution in [2.75, 3.05) is 26.7 Å². The van der Waals surface area contributed by atoms with Gasteiger partial charge in [0.05, 0.1) is 7.11 Å². The lowest BCUT2D eigenvalue weighted by molar-refractivity contribution is -0.122. The lowest BCUT2D eigenvalue weighted by atomic mass is 10.1.